The number of rotatable bonds is 7. The van der Waals surface area contributed by atoms with E-state index >= 15 is 0 Å². The van der Waals surface area contributed by atoms with Crippen LogP contribution in [0.25, 0.3) is 5.65 Å². The number of carbonyl (C=O) groups is 1. The maximum atomic E-state index is 11.4. The third kappa shape index (κ3) is 4.27. The van der Waals surface area contributed by atoms with Gasteiger partial charge in [0.2, 0.25) is 5.91 Å². The number of para-hydroxylation sites is 1. The zero-order valence-electron chi connectivity index (χ0n) is 15.4. The van der Waals surface area contributed by atoms with Gasteiger partial charge < -0.3 is 14.8 Å². The van der Waals surface area contributed by atoms with Crippen molar-refractivity contribution in [1.29, 1.82) is 0 Å². The summed E-state index contributed by atoms with van der Waals surface area (Å²) in [5.41, 5.74) is 4.13. The Labute approximate surface area is 158 Å². The molecule has 0 aliphatic heterocycles. The molecule has 0 fully saturated rings. The molecule has 0 atom stereocenters. The molecule has 0 spiro atoms. The van der Waals surface area contributed by atoms with Crippen molar-refractivity contribution in [2.75, 3.05) is 11.9 Å². The maximum absolute atomic E-state index is 11.4. The summed E-state index contributed by atoms with van der Waals surface area (Å²) in [5, 5.41) is 2.82. The van der Waals surface area contributed by atoms with Gasteiger partial charge in [-0.25, -0.2) is 4.98 Å². The highest BCUT2D eigenvalue weighted by Crippen LogP contribution is 2.25. The molecule has 0 unspecified atom stereocenters. The number of terminal acetylenes is 1. The Morgan fingerprint density at radius 2 is 2.07 bits per heavy atom. The first kappa shape index (κ1) is 18.5. The summed E-state index contributed by atoms with van der Waals surface area (Å²) in [5.74, 6) is 2.99. The molecule has 1 aromatic carbocycles. The molecule has 0 bridgehead atoms. The summed E-state index contributed by atoms with van der Waals surface area (Å²) < 4.78 is 13.4. The van der Waals surface area contributed by atoms with Crippen LogP contribution in [0.15, 0.2) is 42.6 Å². The lowest BCUT2D eigenvalue weighted by atomic mass is 10.2. The fourth-order valence-electron chi connectivity index (χ4n) is 2.81. The Morgan fingerprint density at radius 1 is 1.26 bits per heavy atom. The van der Waals surface area contributed by atoms with Gasteiger partial charge in [-0.05, 0) is 25.1 Å². The minimum absolute atomic E-state index is 0.120. The van der Waals surface area contributed by atoms with Crippen LogP contribution in [-0.2, 0) is 22.7 Å². The lowest BCUT2D eigenvalue weighted by Gasteiger charge is -2.12. The van der Waals surface area contributed by atoms with Crippen molar-refractivity contribution in [2.45, 2.75) is 27.1 Å². The second-order valence-corrected chi connectivity index (χ2v) is 6.03. The average molecular weight is 363 g/mol. The Kier molecular flexibility index (Phi) is 5.74. The van der Waals surface area contributed by atoms with Gasteiger partial charge in [0.1, 0.15) is 13.2 Å². The SMILES string of the molecule is C#CCOCc1c(C)nc2c(OCc3ccccc3NC(C)=O)cccn12. The Hall–Kier alpha value is -3.30. The Balaban J connectivity index is 1.83. The van der Waals surface area contributed by atoms with Crippen LogP contribution in [-0.4, -0.2) is 21.9 Å². The van der Waals surface area contributed by atoms with Gasteiger partial charge in [-0.2, -0.15) is 0 Å². The quantitative estimate of drug-likeness (QED) is 0.517. The predicted molar refractivity (Wildman–Crippen MR) is 103 cm³/mol. The van der Waals surface area contributed by atoms with E-state index < -0.39 is 0 Å². The molecule has 27 heavy (non-hydrogen) atoms. The number of amides is 1. The van der Waals surface area contributed by atoms with Crippen LogP contribution in [0.1, 0.15) is 23.9 Å². The molecule has 6 nitrogen and oxygen atoms in total. The smallest absolute Gasteiger partial charge is 0.221 e. The minimum atomic E-state index is -0.120. The monoisotopic (exact) mass is 363 g/mol. The van der Waals surface area contributed by atoms with Gasteiger partial charge in [-0.1, -0.05) is 24.1 Å². The molecule has 0 aliphatic rings. The maximum Gasteiger partial charge on any atom is 0.221 e. The molecule has 138 valence electrons. The van der Waals surface area contributed by atoms with E-state index in [0.29, 0.717) is 24.6 Å². The van der Waals surface area contributed by atoms with Crippen molar-refractivity contribution in [2.24, 2.45) is 0 Å². The molecule has 0 radical (unpaired) electrons. The molecule has 6 heteroatoms. The number of hydrogen-bond donors (Lipinski definition) is 1. The van der Waals surface area contributed by atoms with Crippen molar-refractivity contribution < 1.29 is 14.3 Å². The van der Waals surface area contributed by atoms with Crippen molar-refractivity contribution >= 4 is 17.2 Å². The Morgan fingerprint density at radius 3 is 2.85 bits per heavy atom. The number of anilines is 1. The van der Waals surface area contributed by atoms with Gasteiger partial charge in [0.25, 0.3) is 0 Å². The van der Waals surface area contributed by atoms with Crippen molar-refractivity contribution in [3.63, 3.8) is 0 Å². The summed E-state index contributed by atoms with van der Waals surface area (Å²) in [7, 11) is 0. The van der Waals surface area contributed by atoms with Crippen LogP contribution in [0.2, 0.25) is 0 Å². The van der Waals surface area contributed by atoms with Crippen molar-refractivity contribution in [3.8, 4) is 18.1 Å². The highest BCUT2D eigenvalue weighted by molar-refractivity contribution is 5.89. The average Bonchev–Trinajstić information content (AvgIpc) is 2.97. The predicted octanol–water partition coefficient (Wildman–Crippen LogP) is 3.33. The third-order valence-corrected chi connectivity index (χ3v) is 4.05. The van der Waals surface area contributed by atoms with E-state index in [2.05, 4.69) is 16.2 Å². The highest BCUT2D eigenvalue weighted by Gasteiger charge is 2.13. The molecule has 0 aliphatic carbocycles. The van der Waals surface area contributed by atoms with Crippen LogP contribution < -0.4 is 10.1 Å². The van der Waals surface area contributed by atoms with Gasteiger partial charge in [-0.3, -0.25) is 9.20 Å². The van der Waals surface area contributed by atoms with Gasteiger partial charge in [-0.15, -0.1) is 6.42 Å². The van der Waals surface area contributed by atoms with Crippen LogP contribution in [0.5, 0.6) is 5.75 Å². The second-order valence-electron chi connectivity index (χ2n) is 6.03. The highest BCUT2D eigenvalue weighted by atomic mass is 16.5. The van der Waals surface area contributed by atoms with E-state index in [1.165, 1.54) is 6.92 Å². The molecule has 0 saturated heterocycles. The van der Waals surface area contributed by atoms with Gasteiger partial charge in [0.05, 0.1) is 18.0 Å². The number of imidazole rings is 1. The van der Waals surface area contributed by atoms with Crippen LogP contribution in [0.4, 0.5) is 5.69 Å². The van der Waals surface area contributed by atoms with Crippen molar-refractivity contribution in [1.82, 2.24) is 9.38 Å². The molecule has 1 N–H and O–H groups in total. The zero-order valence-corrected chi connectivity index (χ0v) is 15.4. The molecule has 2 heterocycles. The summed E-state index contributed by atoms with van der Waals surface area (Å²) >= 11 is 0. The molecule has 2 aromatic heterocycles. The van der Waals surface area contributed by atoms with E-state index in [-0.39, 0.29) is 12.5 Å². The number of carbonyl (C=O) groups excluding carboxylic acids is 1. The third-order valence-electron chi connectivity index (χ3n) is 4.05. The molecular weight excluding hydrogens is 342 g/mol. The van der Waals surface area contributed by atoms with E-state index in [0.717, 1.165) is 22.6 Å². The number of aromatic nitrogens is 2. The molecule has 0 saturated carbocycles. The van der Waals surface area contributed by atoms with Gasteiger partial charge in [0, 0.05) is 24.4 Å². The standard InChI is InChI=1S/C21H21N3O3/c1-4-12-26-14-19-15(2)22-21-20(10-7-11-24(19)21)27-13-17-8-5-6-9-18(17)23-16(3)25/h1,5-11H,12-14H2,2-3H3,(H,23,25). The van der Waals surface area contributed by atoms with Gasteiger partial charge >= 0.3 is 0 Å². The second kappa shape index (κ2) is 8.39. The number of ether oxygens (including phenoxy) is 2. The Bertz CT molecular complexity index is 1000. The van der Waals surface area contributed by atoms with E-state index in [1.807, 2.05) is 53.9 Å². The topological polar surface area (TPSA) is 64.9 Å². The first-order valence-electron chi connectivity index (χ1n) is 8.56. The number of aryl methyl sites for hydroxylation is 1. The normalized spacial score (nSPS) is 10.6. The van der Waals surface area contributed by atoms with Crippen LogP contribution in [0.3, 0.4) is 0 Å². The van der Waals surface area contributed by atoms with E-state index in [1.54, 1.807) is 0 Å². The number of pyridine rings is 1. The minimum Gasteiger partial charge on any atom is -0.485 e. The fraction of sp³-hybridized carbons (Fsp3) is 0.238. The molecular formula is C21H21N3O3. The van der Waals surface area contributed by atoms with Crippen LogP contribution >= 0.6 is 0 Å². The number of hydrogen-bond acceptors (Lipinski definition) is 4. The van der Waals surface area contributed by atoms with Crippen molar-refractivity contribution in [3.05, 3.63) is 59.5 Å². The van der Waals surface area contributed by atoms with Crippen LogP contribution in [0, 0.1) is 19.3 Å². The molecule has 3 aromatic rings. The lowest BCUT2D eigenvalue weighted by molar-refractivity contribution is -0.114. The largest absolute Gasteiger partial charge is 0.485 e. The summed E-state index contributed by atoms with van der Waals surface area (Å²) in [6, 6.07) is 11.3. The fourth-order valence-corrected chi connectivity index (χ4v) is 2.81. The number of fused-ring (bicyclic) bond motifs is 1. The number of nitrogens with one attached hydrogen (secondary N) is 1. The first-order chi connectivity index (χ1) is 13.1. The molecule has 1 amide bonds. The van der Waals surface area contributed by atoms with Gasteiger partial charge in [0.15, 0.2) is 11.4 Å². The summed E-state index contributed by atoms with van der Waals surface area (Å²) in [6.07, 6.45) is 7.15. The summed E-state index contributed by atoms with van der Waals surface area (Å²) in [4.78, 5) is 16.0. The summed E-state index contributed by atoms with van der Waals surface area (Å²) in [6.45, 7) is 4.35. The van der Waals surface area contributed by atoms with E-state index in [4.69, 9.17) is 15.9 Å². The zero-order chi connectivity index (χ0) is 19.2. The first-order valence-corrected chi connectivity index (χ1v) is 8.56. The number of benzene rings is 1. The van der Waals surface area contributed by atoms with E-state index in [9.17, 15) is 4.79 Å². The number of nitrogens with zero attached hydrogens (tertiary/aromatic N) is 2. The molecule has 3 rings (SSSR count). The lowest BCUT2D eigenvalue weighted by Crippen LogP contribution is -2.09.